The van der Waals surface area contributed by atoms with Gasteiger partial charge in [0.15, 0.2) is 0 Å². The molecule has 0 radical (unpaired) electrons. The standard InChI is InChI=1S/C11H19N3O2/c1-7(2)6-14-9(8-4-3-5-16-8)10(12)13-11(14)15/h7-9H,3-6H2,1-2H3,(H2,12,13,15). The molecule has 90 valence electrons. The number of aliphatic imine (C=N–C) groups is 1. The first-order valence-electron chi connectivity index (χ1n) is 5.86. The minimum Gasteiger partial charge on any atom is -0.385 e. The fraction of sp³-hybridized carbons (Fsp3) is 0.818. The molecule has 1 fully saturated rings. The Balaban J connectivity index is 2.12. The van der Waals surface area contributed by atoms with Crippen LogP contribution in [0.1, 0.15) is 26.7 Å². The van der Waals surface area contributed by atoms with Gasteiger partial charge in [0.1, 0.15) is 11.9 Å². The molecule has 0 spiro atoms. The lowest BCUT2D eigenvalue weighted by Gasteiger charge is -2.29. The van der Waals surface area contributed by atoms with Crippen molar-refractivity contribution in [3.8, 4) is 0 Å². The van der Waals surface area contributed by atoms with Crippen molar-refractivity contribution in [1.29, 1.82) is 0 Å². The molecule has 16 heavy (non-hydrogen) atoms. The topological polar surface area (TPSA) is 67.9 Å². The summed E-state index contributed by atoms with van der Waals surface area (Å²) in [6, 6.07) is -0.357. The number of hydrogen-bond donors (Lipinski definition) is 1. The zero-order valence-corrected chi connectivity index (χ0v) is 9.85. The van der Waals surface area contributed by atoms with Gasteiger partial charge < -0.3 is 15.4 Å². The number of amidine groups is 1. The van der Waals surface area contributed by atoms with Crippen molar-refractivity contribution in [2.75, 3.05) is 13.2 Å². The van der Waals surface area contributed by atoms with E-state index in [0.717, 1.165) is 19.4 Å². The van der Waals surface area contributed by atoms with Crippen LogP contribution in [0, 0.1) is 5.92 Å². The molecule has 2 aliphatic rings. The summed E-state index contributed by atoms with van der Waals surface area (Å²) >= 11 is 0. The molecule has 2 unspecified atom stereocenters. The SMILES string of the molecule is CC(C)CN1C(=O)N=C(N)C1C1CCCO1. The number of urea groups is 1. The first kappa shape index (κ1) is 11.4. The van der Waals surface area contributed by atoms with Crippen LogP contribution in [-0.2, 0) is 4.74 Å². The fourth-order valence-electron chi connectivity index (χ4n) is 2.35. The minimum absolute atomic E-state index is 0.0361. The van der Waals surface area contributed by atoms with Gasteiger partial charge in [-0.2, -0.15) is 4.99 Å². The van der Waals surface area contributed by atoms with Crippen LogP contribution >= 0.6 is 0 Å². The van der Waals surface area contributed by atoms with Gasteiger partial charge in [-0.15, -0.1) is 0 Å². The Kier molecular flexibility index (Phi) is 3.14. The van der Waals surface area contributed by atoms with E-state index in [1.54, 1.807) is 4.90 Å². The van der Waals surface area contributed by atoms with E-state index in [9.17, 15) is 4.79 Å². The molecule has 0 saturated carbocycles. The number of hydrogen-bond acceptors (Lipinski definition) is 3. The number of nitrogens with zero attached hydrogens (tertiary/aromatic N) is 2. The van der Waals surface area contributed by atoms with Crippen LogP contribution < -0.4 is 5.73 Å². The molecule has 0 aromatic heterocycles. The lowest BCUT2D eigenvalue weighted by molar-refractivity contribution is 0.0642. The van der Waals surface area contributed by atoms with Gasteiger partial charge in [-0.3, -0.25) is 0 Å². The molecular formula is C11H19N3O2. The third-order valence-corrected chi connectivity index (χ3v) is 2.99. The van der Waals surface area contributed by atoms with Gasteiger partial charge in [-0.1, -0.05) is 13.8 Å². The lowest BCUT2D eigenvalue weighted by Crippen LogP contribution is -2.49. The number of carbonyl (C=O) groups is 1. The summed E-state index contributed by atoms with van der Waals surface area (Å²) in [6.45, 7) is 5.61. The van der Waals surface area contributed by atoms with E-state index >= 15 is 0 Å². The maximum atomic E-state index is 11.7. The van der Waals surface area contributed by atoms with E-state index in [2.05, 4.69) is 18.8 Å². The highest BCUT2D eigenvalue weighted by molar-refractivity contribution is 6.03. The maximum absolute atomic E-state index is 11.7. The Morgan fingerprint density at radius 2 is 2.38 bits per heavy atom. The largest absolute Gasteiger partial charge is 0.385 e. The molecule has 2 rings (SSSR count). The molecule has 0 aliphatic carbocycles. The van der Waals surface area contributed by atoms with Gasteiger partial charge in [0.05, 0.1) is 6.10 Å². The number of amides is 2. The van der Waals surface area contributed by atoms with E-state index in [-0.39, 0.29) is 18.2 Å². The van der Waals surface area contributed by atoms with Gasteiger partial charge in [0.2, 0.25) is 0 Å². The second-order valence-corrected chi connectivity index (χ2v) is 4.86. The van der Waals surface area contributed by atoms with E-state index in [4.69, 9.17) is 10.5 Å². The van der Waals surface area contributed by atoms with E-state index in [0.29, 0.717) is 18.3 Å². The molecule has 2 amide bonds. The van der Waals surface area contributed by atoms with Crippen LogP contribution in [0.15, 0.2) is 4.99 Å². The minimum atomic E-state index is -0.216. The normalized spacial score (nSPS) is 30.3. The zero-order chi connectivity index (χ0) is 11.7. The quantitative estimate of drug-likeness (QED) is 0.778. The first-order chi connectivity index (χ1) is 7.59. The smallest absolute Gasteiger partial charge is 0.346 e. The summed E-state index contributed by atoms with van der Waals surface area (Å²) < 4.78 is 5.61. The summed E-state index contributed by atoms with van der Waals surface area (Å²) in [5.41, 5.74) is 5.82. The van der Waals surface area contributed by atoms with Gasteiger partial charge in [-0.25, -0.2) is 4.79 Å². The highest BCUT2D eigenvalue weighted by atomic mass is 16.5. The molecular weight excluding hydrogens is 206 g/mol. The molecule has 2 atom stereocenters. The Labute approximate surface area is 95.6 Å². The second kappa shape index (κ2) is 4.41. The molecule has 2 N–H and O–H groups in total. The van der Waals surface area contributed by atoms with Crippen LogP contribution in [0.25, 0.3) is 0 Å². The number of ether oxygens (including phenoxy) is 1. The molecule has 5 heteroatoms. The molecule has 5 nitrogen and oxygen atoms in total. The first-order valence-corrected chi connectivity index (χ1v) is 5.86. The Hall–Kier alpha value is -1.10. The van der Waals surface area contributed by atoms with Crippen molar-refractivity contribution in [3.63, 3.8) is 0 Å². The molecule has 2 aliphatic heterocycles. The van der Waals surface area contributed by atoms with Crippen molar-refractivity contribution in [2.45, 2.75) is 38.8 Å². The average molecular weight is 225 g/mol. The molecule has 2 heterocycles. The van der Waals surface area contributed by atoms with E-state index in [1.165, 1.54) is 0 Å². The van der Waals surface area contributed by atoms with Crippen molar-refractivity contribution >= 4 is 11.9 Å². The summed E-state index contributed by atoms with van der Waals surface area (Å²) in [5, 5.41) is 0. The summed E-state index contributed by atoms with van der Waals surface area (Å²) in [5.74, 6) is 0.825. The Morgan fingerprint density at radius 1 is 1.62 bits per heavy atom. The van der Waals surface area contributed by atoms with Crippen LogP contribution in [0.4, 0.5) is 4.79 Å². The zero-order valence-electron chi connectivity index (χ0n) is 9.85. The fourth-order valence-corrected chi connectivity index (χ4v) is 2.35. The highest BCUT2D eigenvalue weighted by Crippen LogP contribution is 2.24. The van der Waals surface area contributed by atoms with Crippen LogP contribution in [0.2, 0.25) is 0 Å². The Bertz CT molecular complexity index is 308. The van der Waals surface area contributed by atoms with Gasteiger partial charge in [-0.05, 0) is 18.8 Å². The van der Waals surface area contributed by atoms with Crippen molar-refractivity contribution in [3.05, 3.63) is 0 Å². The molecule has 0 bridgehead atoms. The highest BCUT2D eigenvalue weighted by Gasteiger charge is 2.40. The third-order valence-electron chi connectivity index (χ3n) is 2.99. The molecule has 0 aromatic carbocycles. The monoisotopic (exact) mass is 225 g/mol. The van der Waals surface area contributed by atoms with Crippen LogP contribution in [0.3, 0.4) is 0 Å². The molecule has 0 aromatic rings. The summed E-state index contributed by atoms with van der Waals surface area (Å²) in [7, 11) is 0. The Morgan fingerprint density at radius 3 is 2.94 bits per heavy atom. The summed E-state index contributed by atoms with van der Waals surface area (Å²) in [6.07, 6.45) is 2.04. The van der Waals surface area contributed by atoms with Crippen LogP contribution in [-0.4, -0.2) is 42.1 Å². The maximum Gasteiger partial charge on any atom is 0.346 e. The van der Waals surface area contributed by atoms with Crippen molar-refractivity contribution in [2.24, 2.45) is 16.6 Å². The van der Waals surface area contributed by atoms with Gasteiger partial charge >= 0.3 is 6.03 Å². The van der Waals surface area contributed by atoms with E-state index < -0.39 is 0 Å². The predicted octanol–water partition coefficient (Wildman–Crippen LogP) is 0.983. The van der Waals surface area contributed by atoms with Crippen LogP contribution in [0.5, 0.6) is 0 Å². The van der Waals surface area contributed by atoms with Gasteiger partial charge in [0.25, 0.3) is 0 Å². The number of nitrogens with two attached hydrogens (primary N) is 1. The van der Waals surface area contributed by atoms with Crippen molar-refractivity contribution < 1.29 is 9.53 Å². The number of rotatable bonds is 3. The van der Waals surface area contributed by atoms with Gasteiger partial charge in [0, 0.05) is 13.2 Å². The molecule has 1 saturated heterocycles. The average Bonchev–Trinajstić information content (AvgIpc) is 2.75. The lowest BCUT2D eigenvalue weighted by atomic mass is 10.1. The number of carbonyl (C=O) groups excluding carboxylic acids is 1. The van der Waals surface area contributed by atoms with Crippen molar-refractivity contribution in [1.82, 2.24) is 4.90 Å². The van der Waals surface area contributed by atoms with E-state index in [1.807, 2.05) is 0 Å². The summed E-state index contributed by atoms with van der Waals surface area (Å²) in [4.78, 5) is 17.3. The second-order valence-electron chi connectivity index (χ2n) is 4.86. The third kappa shape index (κ3) is 2.04. The predicted molar refractivity (Wildman–Crippen MR) is 61.3 cm³/mol.